The van der Waals surface area contributed by atoms with Crippen molar-refractivity contribution in [1.82, 2.24) is 15.5 Å². The summed E-state index contributed by atoms with van der Waals surface area (Å²) in [5, 5.41) is 14.3. The Morgan fingerprint density at radius 2 is 1.84 bits per heavy atom. The van der Waals surface area contributed by atoms with Crippen LogP contribution in [0.4, 0.5) is 0 Å². The van der Waals surface area contributed by atoms with E-state index in [0.717, 1.165) is 5.56 Å². The van der Waals surface area contributed by atoms with E-state index in [1.807, 2.05) is 32.9 Å². The van der Waals surface area contributed by atoms with Gasteiger partial charge in [0, 0.05) is 10.3 Å². The third-order valence-corrected chi connectivity index (χ3v) is 7.61. The number of carbonyl (C=O) groups excluding carboxylic acids is 3. The SMILES string of the molecule is CCC(C)[C@H](NC(=O)[C@H](C)NC(=O)[C@H]1N2C(=O)c3ccccc3C2SC1(C)C)C(=O)O. The Morgan fingerprint density at radius 1 is 1.19 bits per heavy atom. The fourth-order valence-electron chi connectivity index (χ4n) is 4.12. The van der Waals surface area contributed by atoms with E-state index >= 15 is 0 Å². The maximum absolute atomic E-state index is 13.2. The molecule has 0 radical (unpaired) electrons. The number of nitrogens with one attached hydrogen (secondary N) is 2. The third-order valence-electron chi connectivity index (χ3n) is 6.07. The number of hydrogen-bond donors (Lipinski definition) is 3. The van der Waals surface area contributed by atoms with Crippen molar-refractivity contribution in [1.29, 1.82) is 0 Å². The van der Waals surface area contributed by atoms with Gasteiger partial charge in [-0.05, 0) is 38.3 Å². The molecule has 0 aliphatic carbocycles. The average Bonchev–Trinajstić information content (AvgIpc) is 3.14. The van der Waals surface area contributed by atoms with Crippen LogP contribution in [0.15, 0.2) is 24.3 Å². The highest BCUT2D eigenvalue weighted by molar-refractivity contribution is 8.01. The van der Waals surface area contributed by atoms with Crippen LogP contribution in [0.3, 0.4) is 0 Å². The van der Waals surface area contributed by atoms with Crippen LogP contribution >= 0.6 is 11.8 Å². The lowest BCUT2D eigenvalue weighted by Crippen LogP contribution is -2.58. The van der Waals surface area contributed by atoms with Crippen LogP contribution in [0.1, 0.15) is 62.3 Å². The molecule has 3 amide bonds. The highest BCUT2D eigenvalue weighted by Crippen LogP contribution is 2.56. The minimum atomic E-state index is -1.11. The number of carboxylic acid groups (broad SMARTS) is 1. The van der Waals surface area contributed by atoms with E-state index in [9.17, 15) is 24.3 Å². The molecule has 2 unspecified atom stereocenters. The molecule has 0 bridgehead atoms. The number of hydrogen-bond acceptors (Lipinski definition) is 5. The molecule has 0 saturated carbocycles. The predicted octanol–water partition coefficient (Wildman–Crippen LogP) is 2.16. The smallest absolute Gasteiger partial charge is 0.326 e. The van der Waals surface area contributed by atoms with Gasteiger partial charge < -0.3 is 20.6 Å². The molecule has 5 atom stereocenters. The van der Waals surface area contributed by atoms with E-state index in [1.54, 1.807) is 35.7 Å². The van der Waals surface area contributed by atoms with Gasteiger partial charge in [-0.1, -0.05) is 38.5 Å². The Bertz CT molecular complexity index is 918. The number of carbonyl (C=O) groups is 4. The second-order valence-corrected chi connectivity index (χ2v) is 10.5. The van der Waals surface area contributed by atoms with E-state index < -0.39 is 40.7 Å². The number of amides is 3. The quantitative estimate of drug-likeness (QED) is 0.590. The third kappa shape index (κ3) is 4.15. The Hall–Kier alpha value is -2.55. The number of aliphatic carboxylic acids is 1. The molecule has 31 heavy (non-hydrogen) atoms. The minimum Gasteiger partial charge on any atom is -0.480 e. The van der Waals surface area contributed by atoms with Gasteiger partial charge in [0.25, 0.3) is 5.91 Å². The van der Waals surface area contributed by atoms with Crippen molar-refractivity contribution in [2.45, 2.75) is 69.3 Å². The lowest BCUT2D eigenvalue weighted by Gasteiger charge is -2.31. The maximum atomic E-state index is 13.2. The maximum Gasteiger partial charge on any atom is 0.326 e. The second-order valence-electron chi connectivity index (χ2n) is 8.72. The van der Waals surface area contributed by atoms with Crippen molar-refractivity contribution in [3.8, 4) is 0 Å². The topological polar surface area (TPSA) is 116 Å². The van der Waals surface area contributed by atoms with Gasteiger partial charge in [0.05, 0.1) is 0 Å². The van der Waals surface area contributed by atoms with Crippen molar-refractivity contribution < 1.29 is 24.3 Å². The molecule has 8 nitrogen and oxygen atoms in total. The van der Waals surface area contributed by atoms with Gasteiger partial charge in [0.15, 0.2) is 0 Å². The Labute approximate surface area is 186 Å². The van der Waals surface area contributed by atoms with Gasteiger partial charge >= 0.3 is 5.97 Å². The summed E-state index contributed by atoms with van der Waals surface area (Å²) in [5.74, 6) is -2.57. The van der Waals surface area contributed by atoms with Crippen molar-refractivity contribution in [3.05, 3.63) is 35.4 Å². The molecule has 1 aromatic carbocycles. The number of carboxylic acids is 1. The van der Waals surface area contributed by atoms with Gasteiger partial charge in [-0.3, -0.25) is 14.4 Å². The summed E-state index contributed by atoms with van der Waals surface area (Å²) >= 11 is 1.54. The first-order valence-corrected chi connectivity index (χ1v) is 11.3. The zero-order valence-electron chi connectivity index (χ0n) is 18.3. The lowest BCUT2D eigenvalue weighted by molar-refractivity contribution is -0.143. The normalized spacial score (nSPS) is 24.0. The first-order valence-electron chi connectivity index (χ1n) is 10.4. The average molecular weight is 448 g/mol. The molecule has 0 spiro atoms. The van der Waals surface area contributed by atoms with Crippen molar-refractivity contribution in [2.75, 3.05) is 0 Å². The standard InChI is InChI=1S/C22H29N3O5S/c1-6-11(2)15(21(29)30)24-17(26)12(3)23-18(27)16-22(4,5)31-20-14-10-8-7-9-13(14)19(28)25(16)20/h7-12,15-16,20H,6H2,1-5H3,(H,23,27)(H,24,26)(H,29,30)/t11?,12-,15-,16+,20?/m0/s1. The van der Waals surface area contributed by atoms with Gasteiger partial charge in [0.2, 0.25) is 11.8 Å². The van der Waals surface area contributed by atoms with Crippen LogP contribution in [0.2, 0.25) is 0 Å². The first-order chi connectivity index (χ1) is 14.5. The van der Waals surface area contributed by atoms with Crippen LogP contribution in [0.25, 0.3) is 0 Å². The molecule has 9 heteroatoms. The summed E-state index contributed by atoms with van der Waals surface area (Å²) in [6.07, 6.45) is 0.588. The Morgan fingerprint density at radius 3 is 2.45 bits per heavy atom. The van der Waals surface area contributed by atoms with E-state index in [2.05, 4.69) is 10.6 Å². The molecule has 3 rings (SSSR count). The van der Waals surface area contributed by atoms with E-state index in [0.29, 0.717) is 12.0 Å². The molecule has 1 fully saturated rings. The number of fused-ring (bicyclic) bond motifs is 3. The summed E-state index contributed by atoms with van der Waals surface area (Å²) in [4.78, 5) is 51.9. The van der Waals surface area contributed by atoms with Crippen LogP contribution in [0.5, 0.6) is 0 Å². The molecule has 2 heterocycles. The van der Waals surface area contributed by atoms with Gasteiger partial charge in [-0.2, -0.15) is 0 Å². The number of thioether (sulfide) groups is 1. The van der Waals surface area contributed by atoms with Gasteiger partial charge in [0.1, 0.15) is 23.5 Å². The van der Waals surface area contributed by atoms with E-state index in [4.69, 9.17) is 0 Å². The number of benzene rings is 1. The fraction of sp³-hybridized carbons (Fsp3) is 0.545. The summed E-state index contributed by atoms with van der Waals surface area (Å²) in [5.41, 5.74) is 1.49. The minimum absolute atomic E-state index is 0.196. The molecule has 168 valence electrons. The molecule has 1 aromatic rings. The first kappa shape index (κ1) is 23.1. The fourth-order valence-corrected chi connectivity index (χ4v) is 5.71. The largest absolute Gasteiger partial charge is 0.480 e. The monoisotopic (exact) mass is 447 g/mol. The predicted molar refractivity (Wildman–Crippen MR) is 117 cm³/mol. The molecule has 0 aromatic heterocycles. The lowest BCUT2D eigenvalue weighted by atomic mass is 9.98. The Kier molecular flexibility index (Phi) is 6.36. The molecule has 3 N–H and O–H groups in total. The van der Waals surface area contributed by atoms with Crippen LogP contribution in [0, 0.1) is 5.92 Å². The summed E-state index contributed by atoms with van der Waals surface area (Å²) in [6.45, 7) is 8.92. The van der Waals surface area contributed by atoms with Crippen LogP contribution in [-0.2, 0) is 14.4 Å². The van der Waals surface area contributed by atoms with Crippen molar-refractivity contribution >= 4 is 35.5 Å². The highest BCUT2D eigenvalue weighted by Gasteiger charge is 2.57. The molecule has 1 saturated heterocycles. The zero-order valence-corrected chi connectivity index (χ0v) is 19.2. The molecule has 2 aliphatic rings. The molecular formula is C22H29N3O5S. The summed E-state index contributed by atoms with van der Waals surface area (Å²) < 4.78 is -0.561. The summed E-state index contributed by atoms with van der Waals surface area (Å²) in [7, 11) is 0. The summed E-state index contributed by atoms with van der Waals surface area (Å²) in [6, 6.07) is 4.59. The van der Waals surface area contributed by atoms with Crippen molar-refractivity contribution in [2.24, 2.45) is 5.92 Å². The molecular weight excluding hydrogens is 418 g/mol. The second kappa shape index (κ2) is 8.53. The molecule has 2 aliphatic heterocycles. The van der Waals surface area contributed by atoms with Crippen LogP contribution < -0.4 is 10.6 Å². The zero-order chi connectivity index (χ0) is 23.1. The highest BCUT2D eigenvalue weighted by atomic mass is 32.2. The van der Waals surface area contributed by atoms with Gasteiger partial charge in [-0.25, -0.2) is 4.79 Å². The number of rotatable bonds is 7. The Balaban J connectivity index is 1.74. The van der Waals surface area contributed by atoms with Crippen molar-refractivity contribution in [3.63, 3.8) is 0 Å². The van der Waals surface area contributed by atoms with E-state index in [1.165, 1.54) is 6.92 Å². The van der Waals surface area contributed by atoms with Gasteiger partial charge in [-0.15, -0.1) is 11.8 Å². The number of nitrogens with zero attached hydrogens (tertiary/aromatic N) is 1. The van der Waals surface area contributed by atoms with Crippen LogP contribution in [-0.4, -0.2) is 56.6 Å². The van der Waals surface area contributed by atoms with E-state index in [-0.39, 0.29) is 17.2 Å².